The van der Waals surface area contributed by atoms with E-state index in [0.717, 1.165) is 16.0 Å². The molecule has 5 heteroatoms. The van der Waals surface area contributed by atoms with Crippen molar-refractivity contribution in [1.29, 1.82) is 0 Å². The molecule has 0 bridgehead atoms. The molecule has 4 rings (SSSR count). The maximum absolute atomic E-state index is 12.7. The lowest BCUT2D eigenvalue weighted by Gasteiger charge is -2.20. The summed E-state index contributed by atoms with van der Waals surface area (Å²) >= 11 is 1.41. The van der Waals surface area contributed by atoms with E-state index in [-0.39, 0.29) is 17.9 Å². The maximum Gasteiger partial charge on any atom is 0.262 e. The Morgan fingerprint density at radius 2 is 1.69 bits per heavy atom. The van der Waals surface area contributed by atoms with Crippen molar-refractivity contribution in [2.45, 2.75) is 17.9 Å². The van der Waals surface area contributed by atoms with Crippen LogP contribution in [0, 0.1) is 0 Å². The van der Waals surface area contributed by atoms with Crippen molar-refractivity contribution in [2.75, 3.05) is 5.32 Å². The highest BCUT2D eigenvalue weighted by atomic mass is 32.2. The monoisotopic (exact) mass is 400 g/mol. The zero-order chi connectivity index (χ0) is 20.2. The molecule has 2 amide bonds. The Kier molecular flexibility index (Phi) is 5.49. The molecule has 0 aromatic heterocycles. The van der Waals surface area contributed by atoms with E-state index in [1.807, 2.05) is 79.7 Å². The van der Waals surface area contributed by atoms with Gasteiger partial charge in [0, 0.05) is 10.5 Å². The summed E-state index contributed by atoms with van der Waals surface area (Å²) in [6.45, 7) is 1.95. The topological polar surface area (TPSA) is 58.2 Å². The molecular formula is C24H20N2O2S. The van der Waals surface area contributed by atoms with Crippen molar-refractivity contribution in [2.24, 2.45) is 0 Å². The van der Waals surface area contributed by atoms with Crippen LogP contribution in [0.25, 0.3) is 6.08 Å². The fraction of sp³-hybridized carbons (Fsp3) is 0.0833. The maximum atomic E-state index is 12.7. The minimum Gasteiger partial charge on any atom is -0.346 e. The number of nitrogens with one attached hydrogen (secondary N) is 2. The second-order valence-corrected chi connectivity index (χ2v) is 7.88. The summed E-state index contributed by atoms with van der Waals surface area (Å²) < 4.78 is 0. The third-order valence-electron chi connectivity index (χ3n) is 4.68. The van der Waals surface area contributed by atoms with E-state index in [9.17, 15) is 9.59 Å². The molecule has 3 aromatic rings. The number of amides is 2. The van der Waals surface area contributed by atoms with Crippen molar-refractivity contribution in [3.05, 3.63) is 100 Å². The van der Waals surface area contributed by atoms with Crippen LogP contribution in [0.5, 0.6) is 0 Å². The number of rotatable bonds is 4. The average molecular weight is 401 g/mol. The zero-order valence-corrected chi connectivity index (χ0v) is 16.7. The van der Waals surface area contributed by atoms with Crippen LogP contribution in [-0.4, -0.2) is 11.8 Å². The molecule has 1 heterocycles. The predicted molar refractivity (Wildman–Crippen MR) is 118 cm³/mol. The van der Waals surface area contributed by atoms with Crippen molar-refractivity contribution in [1.82, 2.24) is 5.32 Å². The van der Waals surface area contributed by atoms with Gasteiger partial charge in [0.1, 0.15) is 0 Å². The summed E-state index contributed by atoms with van der Waals surface area (Å²) in [7, 11) is 0. The number of hydrogen-bond acceptors (Lipinski definition) is 3. The smallest absolute Gasteiger partial charge is 0.262 e. The van der Waals surface area contributed by atoms with E-state index >= 15 is 0 Å². The van der Waals surface area contributed by atoms with Gasteiger partial charge in [-0.1, -0.05) is 72.4 Å². The molecule has 1 aliphatic heterocycles. The van der Waals surface area contributed by atoms with Crippen LogP contribution in [0.2, 0.25) is 0 Å². The fourth-order valence-electron chi connectivity index (χ4n) is 3.11. The lowest BCUT2D eigenvalue weighted by atomic mass is 10.1. The molecule has 1 unspecified atom stereocenters. The van der Waals surface area contributed by atoms with Gasteiger partial charge in [0.05, 0.1) is 16.6 Å². The van der Waals surface area contributed by atoms with Gasteiger partial charge in [0.25, 0.3) is 11.8 Å². The molecule has 1 atom stereocenters. The molecule has 0 fully saturated rings. The standard InChI is InChI=1S/C24H20N2O2S/c1-16(18-10-6-3-7-11-18)25-23(27)19-12-13-21-20(15-19)26-24(28)22(29-21)14-17-8-4-2-5-9-17/h2-16H,1H3,(H,25,27)(H,26,28)/b22-14-. The first-order valence-corrected chi connectivity index (χ1v) is 10.2. The molecule has 29 heavy (non-hydrogen) atoms. The Balaban J connectivity index is 1.51. The molecule has 0 spiro atoms. The summed E-state index contributed by atoms with van der Waals surface area (Å²) in [5.41, 5.74) is 3.19. The Morgan fingerprint density at radius 3 is 2.41 bits per heavy atom. The van der Waals surface area contributed by atoms with E-state index in [0.29, 0.717) is 16.2 Å². The molecular weight excluding hydrogens is 380 g/mol. The number of benzene rings is 3. The number of carbonyl (C=O) groups excluding carboxylic acids is 2. The summed E-state index contributed by atoms with van der Waals surface area (Å²) in [4.78, 5) is 26.7. The van der Waals surface area contributed by atoms with Gasteiger partial charge >= 0.3 is 0 Å². The lowest BCUT2D eigenvalue weighted by molar-refractivity contribution is -0.112. The molecule has 144 valence electrons. The van der Waals surface area contributed by atoms with Crippen LogP contribution in [0.3, 0.4) is 0 Å². The van der Waals surface area contributed by atoms with Crippen LogP contribution >= 0.6 is 11.8 Å². The number of hydrogen-bond donors (Lipinski definition) is 2. The molecule has 3 aromatic carbocycles. The van der Waals surface area contributed by atoms with Gasteiger partial charge in [-0.15, -0.1) is 0 Å². The van der Waals surface area contributed by atoms with Crippen LogP contribution in [0.4, 0.5) is 5.69 Å². The highest BCUT2D eigenvalue weighted by molar-refractivity contribution is 8.04. The number of carbonyl (C=O) groups is 2. The van der Waals surface area contributed by atoms with Gasteiger partial charge < -0.3 is 10.6 Å². The minimum absolute atomic E-state index is 0.107. The van der Waals surface area contributed by atoms with E-state index in [4.69, 9.17) is 0 Å². The number of anilines is 1. The molecule has 0 aliphatic carbocycles. The lowest BCUT2D eigenvalue weighted by Crippen LogP contribution is -2.27. The second-order valence-electron chi connectivity index (χ2n) is 6.79. The molecule has 2 N–H and O–H groups in total. The summed E-state index contributed by atoms with van der Waals surface area (Å²) in [6.07, 6.45) is 1.87. The van der Waals surface area contributed by atoms with Crippen molar-refractivity contribution in [3.8, 4) is 0 Å². The first-order chi connectivity index (χ1) is 14.1. The highest BCUT2D eigenvalue weighted by Crippen LogP contribution is 2.39. The van der Waals surface area contributed by atoms with Crippen LogP contribution in [-0.2, 0) is 4.79 Å². The van der Waals surface area contributed by atoms with E-state index in [2.05, 4.69) is 10.6 Å². The third-order valence-corrected chi connectivity index (χ3v) is 5.78. The quantitative estimate of drug-likeness (QED) is 0.587. The molecule has 1 aliphatic rings. The van der Waals surface area contributed by atoms with Crippen LogP contribution in [0.1, 0.15) is 34.5 Å². The minimum atomic E-state index is -0.172. The van der Waals surface area contributed by atoms with E-state index in [1.165, 1.54) is 11.8 Å². The number of fused-ring (bicyclic) bond motifs is 1. The highest BCUT2D eigenvalue weighted by Gasteiger charge is 2.22. The number of thioether (sulfide) groups is 1. The first kappa shape index (κ1) is 19.0. The Labute approximate surface area is 174 Å². The van der Waals surface area contributed by atoms with E-state index < -0.39 is 0 Å². The molecule has 0 radical (unpaired) electrons. The SMILES string of the molecule is CC(NC(=O)c1ccc2c(c1)NC(=O)/C(=C/c1ccccc1)S2)c1ccccc1. The van der Waals surface area contributed by atoms with Crippen molar-refractivity contribution in [3.63, 3.8) is 0 Å². The summed E-state index contributed by atoms with van der Waals surface area (Å²) in [5.74, 6) is -0.337. The van der Waals surface area contributed by atoms with Gasteiger partial charge in [0.15, 0.2) is 0 Å². The second kappa shape index (κ2) is 8.37. The summed E-state index contributed by atoms with van der Waals surface area (Å²) in [5, 5.41) is 5.90. The Morgan fingerprint density at radius 1 is 1.00 bits per heavy atom. The van der Waals surface area contributed by atoms with Crippen LogP contribution in [0.15, 0.2) is 88.7 Å². The third kappa shape index (κ3) is 4.41. The van der Waals surface area contributed by atoms with Gasteiger partial charge in [-0.05, 0) is 42.3 Å². The fourth-order valence-corrected chi connectivity index (χ4v) is 4.04. The largest absolute Gasteiger partial charge is 0.346 e. The Hall–Kier alpha value is -3.31. The van der Waals surface area contributed by atoms with Crippen molar-refractivity contribution >= 4 is 35.3 Å². The Bertz CT molecular complexity index is 1080. The summed E-state index contributed by atoms with van der Waals surface area (Å²) in [6, 6.07) is 24.8. The normalized spacial score (nSPS) is 15.3. The molecule has 0 saturated carbocycles. The molecule has 4 nitrogen and oxygen atoms in total. The predicted octanol–water partition coefficient (Wildman–Crippen LogP) is 5.26. The average Bonchev–Trinajstić information content (AvgIpc) is 2.75. The van der Waals surface area contributed by atoms with Gasteiger partial charge in [-0.2, -0.15) is 0 Å². The van der Waals surface area contributed by atoms with E-state index in [1.54, 1.807) is 12.1 Å². The van der Waals surface area contributed by atoms with Crippen molar-refractivity contribution < 1.29 is 9.59 Å². The zero-order valence-electron chi connectivity index (χ0n) is 15.9. The van der Waals surface area contributed by atoms with Gasteiger partial charge in [-0.3, -0.25) is 9.59 Å². The van der Waals surface area contributed by atoms with Crippen LogP contribution < -0.4 is 10.6 Å². The van der Waals surface area contributed by atoms with Gasteiger partial charge in [0.2, 0.25) is 0 Å². The first-order valence-electron chi connectivity index (χ1n) is 9.36. The van der Waals surface area contributed by atoms with Gasteiger partial charge in [-0.25, -0.2) is 0 Å². The molecule has 0 saturated heterocycles.